The number of nitrogens with one attached hydrogen (secondary N) is 2. The lowest BCUT2D eigenvalue weighted by Gasteiger charge is -2.11. The summed E-state index contributed by atoms with van der Waals surface area (Å²) in [5, 5.41) is 15.2. The molecule has 0 saturated heterocycles. The fourth-order valence-electron chi connectivity index (χ4n) is 1.62. The molecule has 0 saturated carbocycles. The molecule has 24 heavy (non-hydrogen) atoms. The second-order valence-electron chi connectivity index (χ2n) is 4.67. The van der Waals surface area contributed by atoms with E-state index in [0.29, 0.717) is 38.4 Å². The maximum absolute atomic E-state index is 12.3. The monoisotopic (exact) mass is 406 g/mol. The molecular weight excluding hydrogens is 391 g/mol. The van der Waals surface area contributed by atoms with Crippen LogP contribution in [0.2, 0.25) is 10.0 Å². The number of anilines is 2. The van der Waals surface area contributed by atoms with Crippen molar-refractivity contribution in [2.24, 2.45) is 0 Å². The number of methoxy groups -OCH3 is 1. The second kappa shape index (κ2) is 9.43. The van der Waals surface area contributed by atoms with Gasteiger partial charge in [0.15, 0.2) is 4.34 Å². The third-order valence-corrected chi connectivity index (χ3v) is 5.45. The molecule has 0 aliphatic carbocycles. The Morgan fingerprint density at radius 2 is 2.21 bits per heavy atom. The summed E-state index contributed by atoms with van der Waals surface area (Å²) in [5.41, 5.74) is 0.487. The van der Waals surface area contributed by atoms with Crippen molar-refractivity contribution in [1.82, 2.24) is 10.2 Å². The molecule has 2 rings (SSSR count). The Hall–Kier alpha value is -1.06. The minimum Gasteiger partial charge on any atom is -0.383 e. The average molecular weight is 407 g/mol. The molecule has 1 heterocycles. The van der Waals surface area contributed by atoms with Crippen LogP contribution in [0.15, 0.2) is 22.5 Å². The summed E-state index contributed by atoms with van der Waals surface area (Å²) in [6, 6.07) is 4.92. The van der Waals surface area contributed by atoms with Gasteiger partial charge in [-0.15, -0.1) is 10.2 Å². The van der Waals surface area contributed by atoms with Crippen molar-refractivity contribution in [2.75, 3.05) is 30.9 Å². The molecule has 2 aromatic rings. The van der Waals surface area contributed by atoms with Crippen LogP contribution in [0.3, 0.4) is 0 Å². The van der Waals surface area contributed by atoms with Gasteiger partial charge in [-0.05, 0) is 25.1 Å². The highest BCUT2D eigenvalue weighted by Crippen LogP contribution is 2.30. The molecule has 0 bridgehead atoms. The highest BCUT2D eigenvalue weighted by molar-refractivity contribution is 8.02. The number of hydrogen-bond donors (Lipinski definition) is 2. The molecule has 6 nitrogen and oxygen atoms in total. The van der Waals surface area contributed by atoms with Gasteiger partial charge in [-0.25, -0.2) is 0 Å². The van der Waals surface area contributed by atoms with E-state index in [2.05, 4.69) is 20.8 Å². The van der Waals surface area contributed by atoms with Gasteiger partial charge in [-0.2, -0.15) is 0 Å². The van der Waals surface area contributed by atoms with E-state index in [0.717, 1.165) is 0 Å². The van der Waals surface area contributed by atoms with Crippen LogP contribution in [0.4, 0.5) is 10.8 Å². The third-order valence-electron chi connectivity index (χ3n) is 2.82. The van der Waals surface area contributed by atoms with Gasteiger partial charge in [-0.1, -0.05) is 46.3 Å². The fraction of sp³-hybridized carbons (Fsp3) is 0.357. The van der Waals surface area contributed by atoms with Crippen LogP contribution >= 0.6 is 46.3 Å². The van der Waals surface area contributed by atoms with E-state index in [1.165, 1.54) is 23.1 Å². The van der Waals surface area contributed by atoms with E-state index in [9.17, 15) is 4.79 Å². The predicted octanol–water partition coefficient (Wildman–Crippen LogP) is 4.02. The van der Waals surface area contributed by atoms with Crippen molar-refractivity contribution in [2.45, 2.75) is 16.5 Å². The normalized spacial score (nSPS) is 12.0. The molecule has 2 N–H and O–H groups in total. The van der Waals surface area contributed by atoms with Crippen LogP contribution in [0, 0.1) is 0 Å². The lowest BCUT2D eigenvalue weighted by molar-refractivity contribution is -0.115. The summed E-state index contributed by atoms with van der Waals surface area (Å²) in [7, 11) is 1.63. The van der Waals surface area contributed by atoms with Crippen molar-refractivity contribution < 1.29 is 9.53 Å². The molecule has 0 radical (unpaired) electrons. The molecule has 1 aromatic heterocycles. The Morgan fingerprint density at radius 3 is 2.96 bits per heavy atom. The van der Waals surface area contributed by atoms with Crippen LogP contribution in [-0.4, -0.2) is 41.6 Å². The number of halogens is 2. The van der Waals surface area contributed by atoms with E-state index >= 15 is 0 Å². The van der Waals surface area contributed by atoms with Gasteiger partial charge in [0, 0.05) is 18.7 Å². The standard InChI is InChI=1S/C14H16Cl2N4O2S2/c1-8(12(21)18-11-7-9(15)3-4-10(11)16)23-14-20-19-13(24-14)17-5-6-22-2/h3-4,7-8H,5-6H2,1-2H3,(H,17,19)(H,18,21)/t8-/m0/s1. The van der Waals surface area contributed by atoms with Crippen LogP contribution in [-0.2, 0) is 9.53 Å². The number of benzene rings is 1. The van der Waals surface area contributed by atoms with Gasteiger partial charge in [0.05, 0.1) is 22.6 Å². The zero-order chi connectivity index (χ0) is 17.5. The zero-order valence-electron chi connectivity index (χ0n) is 13.0. The number of hydrogen-bond acceptors (Lipinski definition) is 7. The predicted molar refractivity (Wildman–Crippen MR) is 101 cm³/mol. The first kappa shape index (κ1) is 19.3. The van der Waals surface area contributed by atoms with Gasteiger partial charge in [0.2, 0.25) is 11.0 Å². The number of ether oxygens (including phenoxy) is 1. The molecule has 1 aromatic carbocycles. The Kier molecular flexibility index (Phi) is 7.57. The molecule has 130 valence electrons. The summed E-state index contributed by atoms with van der Waals surface area (Å²) in [6.07, 6.45) is 0. The third kappa shape index (κ3) is 5.78. The van der Waals surface area contributed by atoms with Crippen LogP contribution in [0.1, 0.15) is 6.92 Å². The number of carbonyl (C=O) groups is 1. The molecule has 10 heteroatoms. The summed E-state index contributed by atoms with van der Waals surface area (Å²) in [5.74, 6) is -0.187. The highest BCUT2D eigenvalue weighted by Gasteiger charge is 2.18. The first-order valence-electron chi connectivity index (χ1n) is 6.98. The number of nitrogens with zero attached hydrogens (tertiary/aromatic N) is 2. The van der Waals surface area contributed by atoms with Gasteiger partial charge in [0.1, 0.15) is 0 Å². The van der Waals surface area contributed by atoms with Crippen molar-refractivity contribution in [3.8, 4) is 0 Å². The molecule has 1 amide bonds. The lowest BCUT2D eigenvalue weighted by atomic mass is 10.3. The zero-order valence-corrected chi connectivity index (χ0v) is 16.2. The Bertz CT molecular complexity index is 699. The van der Waals surface area contributed by atoms with Crippen molar-refractivity contribution in [1.29, 1.82) is 0 Å². The van der Waals surface area contributed by atoms with Gasteiger partial charge in [0.25, 0.3) is 0 Å². The maximum Gasteiger partial charge on any atom is 0.237 e. The second-order valence-corrected chi connectivity index (χ2v) is 8.08. The number of rotatable bonds is 8. The van der Waals surface area contributed by atoms with E-state index in [1.54, 1.807) is 32.2 Å². The van der Waals surface area contributed by atoms with Crippen molar-refractivity contribution >= 4 is 63.0 Å². The lowest BCUT2D eigenvalue weighted by Crippen LogP contribution is -2.22. The molecule has 0 spiro atoms. The SMILES string of the molecule is COCCNc1nnc(S[C@@H](C)C(=O)Nc2cc(Cl)ccc2Cl)s1. The van der Waals surface area contributed by atoms with Gasteiger partial charge >= 0.3 is 0 Å². The minimum atomic E-state index is -0.361. The molecule has 0 aliphatic heterocycles. The van der Waals surface area contributed by atoms with E-state index in [-0.39, 0.29) is 11.2 Å². The number of aromatic nitrogens is 2. The van der Waals surface area contributed by atoms with Crippen molar-refractivity contribution in [3.05, 3.63) is 28.2 Å². The first-order valence-corrected chi connectivity index (χ1v) is 9.43. The summed E-state index contributed by atoms with van der Waals surface area (Å²) >= 11 is 14.7. The van der Waals surface area contributed by atoms with Crippen LogP contribution in [0.25, 0.3) is 0 Å². The molecule has 1 atom stereocenters. The number of thioether (sulfide) groups is 1. The summed E-state index contributed by atoms with van der Waals surface area (Å²) < 4.78 is 5.66. The van der Waals surface area contributed by atoms with E-state index < -0.39 is 0 Å². The fourth-order valence-corrected chi connectivity index (χ4v) is 3.88. The Balaban J connectivity index is 1.90. The van der Waals surface area contributed by atoms with Gasteiger partial charge in [-0.3, -0.25) is 4.79 Å². The molecular formula is C14H16Cl2N4O2S2. The highest BCUT2D eigenvalue weighted by atomic mass is 35.5. The number of amides is 1. The van der Waals surface area contributed by atoms with E-state index in [4.69, 9.17) is 27.9 Å². The first-order chi connectivity index (χ1) is 11.5. The number of carbonyl (C=O) groups excluding carboxylic acids is 1. The van der Waals surface area contributed by atoms with Gasteiger partial charge < -0.3 is 15.4 Å². The minimum absolute atomic E-state index is 0.187. The van der Waals surface area contributed by atoms with Crippen LogP contribution in [0.5, 0.6) is 0 Å². The molecule has 0 fully saturated rings. The Morgan fingerprint density at radius 1 is 1.42 bits per heavy atom. The molecule has 0 unspecified atom stereocenters. The molecule has 0 aliphatic rings. The summed E-state index contributed by atoms with van der Waals surface area (Å²) in [6.45, 7) is 3.03. The van der Waals surface area contributed by atoms with E-state index in [1.807, 2.05) is 0 Å². The maximum atomic E-state index is 12.3. The Labute approximate surface area is 158 Å². The largest absolute Gasteiger partial charge is 0.383 e. The van der Waals surface area contributed by atoms with Crippen molar-refractivity contribution in [3.63, 3.8) is 0 Å². The topological polar surface area (TPSA) is 76.1 Å². The average Bonchev–Trinajstić information content (AvgIpc) is 2.98. The quantitative estimate of drug-likeness (QED) is 0.509. The van der Waals surface area contributed by atoms with Crippen LogP contribution < -0.4 is 10.6 Å². The smallest absolute Gasteiger partial charge is 0.237 e. The summed E-state index contributed by atoms with van der Waals surface area (Å²) in [4.78, 5) is 12.3.